The minimum atomic E-state index is 0.161. The van der Waals surface area contributed by atoms with E-state index in [1.165, 1.54) is 16.0 Å². The zero-order valence-electron chi connectivity index (χ0n) is 16.2. The molecule has 4 nitrogen and oxygen atoms in total. The van der Waals surface area contributed by atoms with Gasteiger partial charge in [0, 0.05) is 22.3 Å². The molecule has 0 spiro atoms. The number of anilines is 3. The van der Waals surface area contributed by atoms with Gasteiger partial charge in [-0.1, -0.05) is 39.0 Å². The van der Waals surface area contributed by atoms with Crippen LogP contribution in [0.1, 0.15) is 37.6 Å². The highest BCUT2D eigenvalue weighted by Crippen LogP contribution is 2.40. The summed E-state index contributed by atoms with van der Waals surface area (Å²) >= 11 is 1.73. The van der Waals surface area contributed by atoms with Gasteiger partial charge in [-0.15, -0.1) is 0 Å². The molecule has 0 unspecified atom stereocenters. The first-order chi connectivity index (χ1) is 12.9. The Bertz CT molecular complexity index is 961. The van der Waals surface area contributed by atoms with E-state index in [1.807, 2.05) is 25.4 Å². The van der Waals surface area contributed by atoms with Gasteiger partial charge in [0.1, 0.15) is 5.82 Å². The van der Waals surface area contributed by atoms with E-state index < -0.39 is 0 Å². The first-order valence-electron chi connectivity index (χ1n) is 9.14. The van der Waals surface area contributed by atoms with Crippen LogP contribution in [-0.4, -0.2) is 9.97 Å². The van der Waals surface area contributed by atoms with E-state index in [0.717, 1.165) is 29.4 Å². The van der Waals surface area contributed by atoms with Gasteiger partial charge >= 0.3 is 0 Å². The number of hydrogen-bond donors (Lipinski definition) is 1. The van der Waals surface area contributed by atoms with Crippen molar-refractivity contribution in [2.75, 3.05) is 9.62 Å². The summed E-state index contributed by atoms with van der Waals surface area (Å²) in [7, 11) is 0. The molecule has 138 valence electrons. The zero-order valence-corrected chi connectivity index (χ0v) is 17.0. The van der Waals surface area contributed by atoms with Crippen molar-refractivity contribution in [2.45, 2.75) is 44.6 Å². The first-order valence-corrected chi connectivity index (χ1v) is 9.91. The van der Waals surface area contributed by atoms with Crippen LogP contribution in [0.3, 0.4) is 0 Å². The topological polar surface area (TPSA) is 41.1 Å². The molecule has 0 saturated carbocycles. The number of benzene rings is 1. The molecule has 0 saturated heterocycles. The molecule has 2 aromatic heterocycles. The number of rotatable bonds is 2. The van der Waals surface area contributed by atoms with Crippen LogP contribution in [0.5, 0.6) is 0 Å². The van der Waals surface area contributed by atoms with E-state index in [0.29, 0.717) is 0 Å². The quantitative estimate of drug-likeness (QED) is 0.568. The van der Waals surface area contributed by atoms with Crippen molar-refractivity contribution in [1.29, 1.82) is 0 Å². The van der Waals surface area contributed by atoms with Gasteiger partial charge in [-0.3, -0.25) is 4.98 Å². The van der Waals surface area contributed by atoms with Crippen molar-refractivity contribution in [3.63, 3.8) is 0 Å². The van der Waals surface area contributed by atoms with Crippen molar-refractivity contribution in [3.05, 3.63) is 71.7 Å². The summed E-state index contributed by atoms with van der Waals surface area (Å²) in [5, 5.41) is 3.48. The maximum Gasteiger partial charge on any atom is 0.135 e. The summed E-state index contributed by atoms with van der Waals surface area (Å²) in [5.41, 5.74) is 5.79. The lowest BCUT2D eigenvalue weighted by molar-refractivity contribution is 0.590. The Morgan fingerprint density at radius 2 is 1.81 bits per heavy atom. The summed E-state index contributed by atoms with van der Waals surface area (Å²) in [5.74, 6) is 0.925. The first kappa shape index (κ1) is 17.9. The third kappa shape index (κ3) is 3.78. The van der Waals surface area contributed by atoms with E-state index in [9.17, 15) is 0 Å². The molecule has 1 N–H and O–H groups in total. The molecule has 1 aliphatic heterocycles. The van der Waals surface area contributed by atoms with Gasteiger partial charge in [0.2, 0.25) is 0 Å². The largest absolute Gasteiger partial charge is 0.338 e. The van der Waals surface area contributed by atoms with Crippen LogP contribution in [-0.2, 0) is 12.0 Å². The summed E-state index contributed by atoms with van der Waals surface area (Å²) in [6.07, 6.45) is 3.73. The fraction of sp³-hybridized carbons (Fsp3) is 0.273. The fourth-order valence-electron chi connectivity index (χ4n) is 3.10. The van der Waals surface area contributed by atoms with Gasteiger partial charge < -0.3 is 9.62 Å². The number of pyridine rings is 2. The Hall–Kier alpha value is -2.53. The molecular formula is C22H24N4S. The van der Waals surface area contributed by atoms with Crippen LogP contribution in [0.25, 0.3) is 0 Å². The van der Waals surface area contributed by atoms with Crippen LogP contribution in [0.15, 0.2) is 59.8 Å². The lowest BCUT2D eigenvalue weighted by Gasteiger charge is -2.23. The lowest BCUT2D eigenvalue weighted by atomic mass is 9.87. The van der Waals surface area contributed by atoms with Crippen LogP contribution in [0, 0.1) is 6.92 Å². The number of nitrogens with zero attached hydrogens (tertiary/aromatic N) is 3. The van der Waals surface area contributed by atoms with Gasteiger partial charge in [-0.2, -0.15) is 0 Å². The monoisotopic (exact) mass is 376 g/mol. The molecule has 0 bridgehead atoms. The normalized spacial score (nSPS) is 13.4. The minimum absolute atomic E-state index is 0.161. The third-order valence-corrected chi connectivity index (χ3v) is 5.72. The van der Waals surface area contributed by atoms with Gasteiger partial charge in [0.25, 0.3) is 0 Å². The Labute approximate surface area is 165 Å². The van der Waals surface area contributed by atoms with Crippen molar-refractivity contribution < 1.29 is 0 Å². The highest BCUT2D eigenvalue weighted by molar-refractivity contribution is 8.00. The zero-order chi connectivity index (χ0) is 19.0. The Morgan fingerprint density at radius 1 is 1.04 bits per heavy atom. The number of fused-ring (bicyclic) bond motifs is 2. The van der Waals surface area contributed by atoms with E-state index in [-0.39, 0.29) is 5.41 Å². The molecule has 0 radical (unpaired) electrons. The molecule has 0 aliphatic carbocycles. The maximum absolute atomic E-state index is 4.69. The van der Waals surface area contributed by atoms with E-state index >= 15 is 0 Å². The highest BCUT2D eigenvalue weighted by atomic mass is 32.2. The SMILES string of the molecule is Cc1ccc2c(n1)Nc1ccncc1N(Sc1ccc(C(C)(C)C)cc1)C2. The summed E-state index contributed by atoms with van der Waals surface area (Å²) in [6.45, 7) is 9.50. The highest BCUT2D eigenvalue weighted by Gasteiger charge is 2.21. The molecule has 1 aliphatic rings. The summed E-state index contributed by atoms with van der Waals surface area (Å²) < 4.78 is 2.28. The van der Waals surface area contributed by atoms with E-state index in [4.69, 9.17) is 0 Å². The van der Waals surface area contributed by atoms with Gasteiger partial charge in [0.15, 0.2) is 0 Å². The van der Waals surface area contributed by atoms with Crippen LogP contribution in [0.4, 0.5) is 17.2 Å². The molecule has 4 rings (SSSR count). The number of hydrogen-bond acceptors (Lipinski definition) is 5. The van der Waals surface area contributed by atoms with Gasteiger partial charge in [-0.05, 0) is 54.1 Å². The third-order valence-electron chi connectivity index (χ3n) is 4.69. The average Bonchev–Trinajstić information content (AvgIpc) is 2.78. The van der Waals surface area contributed by atoms with Crippen LogP contribution >= 0.6 is 11.9 Å². The Kier molecular flexibility index (Phi) is 4.56. The minimum Gasteiger partial charge on any atom is -0.338 e. The molecule has 0 amide bonds. The average molecular weight is 377 g/mol. The summed E-state index contributed by atoms with van der Waals surface area (Å²) in [4.78, 5) is 10.2. The second-order valence-corrected chi connectivity index (χ2v) is 8.98. The van der Waals surface area contributed by atoms with Crippen LogP contribution < -0.4 is 9.62 Å². The lowest BCUT2D eigenvalue weighted by Crippen LogP contribution is -2.14. The Morgan fingerprint density at radius 3 is 2.56 bits per heavy atom. The number of aromatic nitrogens is 2. The molecule has 3 heterocycles. The predicted molar refractivity (Wildman–Crippen MR) is 114 cm³/mol. The molecule has 27 heavy (non-hydrogen) atoms. The van der Waals surface area contributed by atoms with E-state index in [2.05, 4.69) is 76.8 Å². The molecule has 3 aromatic rings. The van der Waals surface area contributed by atoms with Gasteiger partial charge in [-0.25, -0.2) is 4.98 Å². The smallest absolute Gasteiger partial charge is 0.135 e. The van der Waals surface area contributed by atoms with Crippen molar-refractivity contribution in [2.24, 2.45) is 0 Å². The molecular weight excluding hydrogens is 352 g/mol. The second-order valence-electron chi connectivity index (χ2n) is 7.88. The number of nitrogens with one attached hydrogen (secondary N) is 1. The maximum atomic E-state index is 4.69. The van der Waals surface area contributed by atoms with Crippen molar-refractivity contribution in [1.82, 2.24) is 9.97 Å². The van der Waals surface area contributed by atoms with E-state index in [1.54, 1.807) is 11.9 Å². The second kappa shape index (κ2) is 6.89. The molecule has 0 fully saturated rings. The van der Waals surface area contributed by atoms with Crippen molar-refractivity contribution >= 4 is 29.1 Å². The molecule has 1 aromatic carbocycles. The predicted octanol–water partition coefficient (Wildman–Crippen LogP) is 5.85. The molecule has 5 heteroatoms. The van der Waals surface area contributed by atoms with Gasteiger partial charge in [0.05, 0.1) is 24.1 Å². The Balaban J connectivity index is 1.68. The number of aryl methyl sites for hydroxylation is 1. The van der Waals surface area contributed by atoms with Crippen molar-refractivity contribution in [3.8, 4) is 0 Å². The standard InChI is InChI=1S/C22H24N4S/c1-15-5-6-16-14-26(20-13-23-12-11-19(20)25-21(16)24-15)27-18-9-7-17(8-10-18)22(2,3)4/h5-13H,14H2,1-4H3,(H,24,25). The van der Waals surface area contributed by atoms with Crippen LogP contribution in [0.2, 0.25) is 0 Å². The molecule has 0 atom stereocenters. The summed E-state index contributed by atoms with van der Waals surface area (Å²) in [6, 6.07) is 15.1. The fourth-order valence-corrected chi connectivity index (χ4v) is 4.06.